The van der Waals surface area contributed by atoms with Crippen molar-refractivity contribution in [2.24, 2.45) is 0 Å². The number of hydrogen-bond acceptors (Lipinski definition) is 3. The van der Waals surface area contributed by atoms with Crippen LogP contribution in [-0.4, -0.2) is 22.0 Å². The summed E-state index contributed by atoms with van der Waals surface area (Å²) < 4.78 is 8.05. The number of hydrogen-bond donors (Lipinski definition) is 1. The summed E-state index contributed by atoms with van der Waals surface area (Å²) in [5, 5.41) is 14.8. The molecule has 2 aromatic carbocycles. The molecule has 0 bridgehead atoms. The van der Waals surface area contributed by atoms with Gasteiger partial charge < -0.3 is 9.84 Å². The maximum absolute atomic E-state index is 9.48. The van der Waals surface area contributed by atoms with Gasteiger partial charge in [-0.15, -0.1) is 0 Å². The van der Waals surface area contributed by atoms with E-state index in [-0.39, 0.29) is 26.8 Å². The van der Waals surface area contributed by atoms with Crippen LogP contribution < -0.4 is 4.74 Å². The summed E-state index contributed by atoms with van der Waals surface area (Å²) in [6.45, 7) is 0. The minimum absolute atomic E-state index is 0. The first kappa shape index (κ1) is 15.1. The van der Waals surface area contributed by atoms with Gasteiger partial charge in [0.2, 0.25) is 0 Å². The Bertz CT molecular complexity index is 758. The number of fused-ring (bicyclic) bond motifs is 1. The van der Waals surface area contributed by atoms with Gasteiger partial charge in [0.15, 0.2) is 0 Å². The first-order valence-electron chi connectivity index (χ1n) is 5.70. The van der Waals surface area contributed by atoms with Crippen molar-refractivity contribution < 1.29 is 30.9 Å². The monoisotopic (exact) mass is 513 g/mol. The molecule has 0 unspecified atom stereocenters. The third-order valence-electron chi connectivity index (χ3n) is 2.88. The predicted molar refractivity (Wildman–Crippen MR) is 77.0 cm³/mol. The van der Waals surface area contributed by atoms with Gasteiger partial charge in [-0.25, -0.2) is 4.68 Å². The fourth-order valence-electron chi connectivity index (χ4n) is 1.98. The van der Waals surface area contributed by atoms with Gasteiger partial charge >= 0.3 is 0 Å². The van der Waals surface area contributed by atoms with Crippen LogP contribution in [0.25, 0.3) is 16.6 Å². The Morgan fingerprint density at radius 2 is 2.00 bits per heavy atom. The fourth-order valence-corrected chi connectivity index (χ4v) is 2.32. The molecular formula is C14H11BrN2O2Pt. The second-order valence-corrected chi connectivity index (χ2v) is 5.05. The Hall–Kier alpha value is -1.32. The van der Waals surface area contributed by atoms with Crippen LogP contribution in [0.4, 0.5) is 0 Å². The summed E-state index contributed by atoms with van der Waals surface area (Å²) in [6.07, 6.45) is 1.86. The van der Waals surface area contributed by atoms with E-state index < -0.39 is 0 Å². The summed E-state index contributed by atoms with van der Waals surface area (Å²) in [6, 6.07) is 10.8. The SMILES string of the molecule is COc1cc(Br)ccc1-n1cc2cc(O)ccc2n1.[Pt]. The molecule has 3 aromatic rings. The van der Waals surface area contributed by atoms with Crippen LogP contribution in [0.1, 0.15) is 0 Å². The number of benzene rings is 2. The molecule has 0 aliphatic heterocycles. The molecular weight excluding hydrogens is 503 g/mol. The summed E-state index contributed by atoms with van der Waals surface area (Å²) in [5.74, 6) is 0.959. The smallest absolute Gasteiger partial charge is 0.145 e. The summed E-state index contributed by atoms with van der Waals surface area (Å²) in [7, 11) is 1.63. The Labute approximate surface area is 138 Å². The van der Waals surface area contributed by atoms with Gasteiger partial charge in [-0.1, -0.05) is 15.9 Å². The van der Waals surface area contributed by atoms with E-state index >= 15 is 0 Å². The van der Waals surface area contributed by atoms with E-state index in [0.717, 1.165) is 26.8 Å². The Morgan fingerprint density at radius 1 is 1.20 bits per heavy atom. The Morgan fingerprint density at radius 3 is 2.75 bits per heavy atom. The maximum Gasteiger partial charge on any atom is 0.145 e. The molecule has 4 nitrogen and oxygen atoms in total. The second kappa shape index (κ2) is 5.98. The zero-order valence-electron chi connectivity index (χ0n) is 10.5. The first-order chi connectivity index (χ1) is 9.17. The van der Waals surface area contributed by atoms with E-state index in [1.807, 2.05) is 24.4 Å². The zero-order chi connectivity index (χ0) is 13.4. The van der Waals surface area contributed by atoms with E-state index in [1.165, 1.54) is 0 Å². The molecule has 1 N–H and O–H groups in total. The quantitative estimate of drug-likeness (QED) is 0.570. The maximum atomic E-state index is 9.48. The van der Waals surface area contributed by atoms with E-state index in [9.17, 15) is 5.11 Å². The number of phenolic OH excluding ortho intramolecular Hbond substituents is 1. The minimum atomic E-state index is 0. The van der Waals surface area contributed by atoms with Crippen LogP contribution in [0, 0.1) is 0 Å². The van der Waals surface area contributed by atoms with Gasteiger partial charge in [0.05, 0.1) is 12.6 Å². The van der Waals surface area contributed by atoms with E-state index in [4.69, 9.17) is 4.74 Å². The minimum Gasteiger partial charge on any atom is -0.508 e. The van der Waals surface area contributed by atoms with E-state index in [1.54, 1.807) is 30.0 Å². The molecule has 0 aliphatic rings. The van der Waals surface area contributed by atoms with Gasteiger partial charge in [-0.2, -0.15) is 5.10 Å². The number of halogens is 1. The largest absolute Gasteiger partial charge is 0.508 e. The average Bonchev–Trinajstić information content (AvgIpc) is 2.81. The van der Waals surface area contributed by atoms with Crippen LogP contribution in [-0.2, 0) is 21.1 Å². The molecule has 3 rings (SSSR count). The average molecular weight is 514 g/mol. The number of nitrogens with zero attached hydrogens (tertiary/aromatic N) is 2. The van der Waals surface area contributed by atoms with Crippen LogP contribution in [0.2, 0.25) is 0 Å². The molecule has 0 amide bonds. The van der Waals surface area contributed by atoms with Crippen LogP contribution >= 0.6 is 15.9 Å². The summed E-state index contributed by atoms with van der Waals surface area (Å²) >= 11 is 3.41. The fraction of sp³-hybridized carbons (Fsp3) is 0.0714. The molecule has 0 saturated carbocycles. The predicted octanol–water partition coefficient (Wildman–Crippen LogP) is 3.50. The molecule has 1 heterocycles. The Kier molecular flexibility index (Phi) is 4.51. The molecule has 20 heavy (non-hydrogen) atoms. The summed E-state index contributed by atoms with van der Waals surface area (Å²) in [5.41, 5.74) is 1.67. The zero-order valence-corrected chi connectivity index (χ0v) is 14.3. The number of rotatable bonds is 2. The first-order valence-corrected chi connectivity index (χ1v) is 6.49. The van der Waals surface area contributed by atoms with Crippen molar-refractivity contribution in [2.45, 2.75) is 0 Å². The molecule has 106 valence electrons. The van der Waals surface area contributed by atoms with Gasteiger partial charge in [0.25, 0.3) is 0 Å². The Balaban J connectivity index is 0.00000147. The number of methoxy groups -OCH3 is 1. The molecule has 0 atom stereocenters. The van der Waals surface area contributed by atoms with E-state index in [2.05, 4.69) is 21.0 Å². The molecule has 0 fully saturated rings. The van der Waals surface area contributed by atoms with Crippen molar-refractivity contribution in [3.05, 3.63) is 47.1 Å². The van der Waals surface area contributed by atoms with Gasteiger partial charge in [-0.3, -0.25) is 0 Å². The van der Waals surface area contributed by atoms with Crippen molar-refractivity contribution in [1.82, 2.24) is 9.78 Å². The van der Waals surface area contributed by atoms with E-state index in [0.29, 0.717) is 0 Å². The number of phenols is 1. The normalized spacial score (nSPS) is 10.3. The third-order valence-corrected chi connectivity index (χ3v) is 3.37. The van der Waals surface area contributed by atoms with Crippen LogP contribution in [0.15, 0.2) is 47.1 Å². The van der Waals surface area contributed by atoms with Gasteiger partial charge in [0, 0.05) is 37.1 Å². The van der Waals surface area contributed by atoms with Crippen LogP contribution in [0.5, 0.6) is 11.5 Å². The molecule has 0 spiro atoms. The van der Waals surface area contributed by atoms with Crippen molar-refractivity contribution in [2.75, 3.05) is 7.11 Å². The third kappa shape index (κ3) is 2.74. The van der Waals surface area contributed by atoms with Gasteiger partial charge in [-0.05, 0) is 36.4 Å². The molecule has 6 heteroatoms. The summed E-state index contributed by atoms with van der Waals surface area (Å²) in [4.78, 5) is 0. The van der Waals surface area contributed by atoms with Crippen LogP contribution in [0.3, 0.4) is 0 Å². The van der Waals surface area contributed by atoms with Crippen molar-refractivity contribution in [1.29, 1.82) is 0 Å². The molecule has 0 aliphatic carbocycles. The van der Waals surface area contributed by atoms with Crippen molar-refractivity contribution >= 4 is 26.8 Å². The molecule has 0 radical (unpaired) electrons. The number of aromatic hydroxyl groups is 1. The topological polar surface area (TPSA) is 47.3 Å². The standard InChI is InChI=1S/C14H11BrN2O2.Pt/c1-19-14-7-10(15)2-5-13(14)17-8-9-6-11(18)3-4-12(9)16-17;/h2-8,18H,1H3;. The van der Waals surface area contributed by atoms with Crippen molar-refractivity contribution in [3.8, 4) is 17.2 Å². The number of aromatic nitrogens is 2. The molecule has 0 saturated heterocycles. The van der Waals surface area contributed by atoms with Crippen molar-refractivity contribution in [3.63, 3.8) is 0 Å². The molecule has 1 aromatic heterocycles. The number of ether oxygens (including phenoxy) is 1. The van der Waals surface area contributed by atoms with Gasteiger partial charge in [0.1, 0.15) is 17.2 Å². The second-order valence-electron chi connectivity index (χ2n) is 4.13.